The van der Waals surface area contributed by atoms with Gasteiger partial charge in [0.25, 0.3) is 5.91 Å². The second-order valence-electron chi connectivity index (χ2n) is 5.74. The van der Waals surface area contributed by atoms with E-state index in [1.807, 2.05) is 11.8 Å². The molecule has 0 heterocycles. The van der Waals surface area contributed by atoms with E-state index in [0.717, 1.165) is 5.56 Å². The van der Waals surface area contributed by atoms with Gasteiger partial charge in [0.1, 0.15) is 5.82 Å². The fraction of sp³-hybridized carbons (Fsp3) is 0.500. The van der Waals surface area contributed by atoms with Gasteiger partial charge in [-0.15, -0.1) is 0 Å². The van der Waals surface area contributed by atoms with Gasteiger partial charge in [-0.1, -0.05) is 18.6 Å². The highest BCUT2D eigenvalue weighted by atomic mass is 19.1. The molecule has 0 unspecified atom stereocenters. The third kappa shape index (κ3) is 3.82. The molecule has 5 nitrogen and oxygen atoms in total. The number of aryl methyl sites for hydroxylation is 1. The van der Waals surface area contributed by atoms with Crippen LogP contribution in [0.2, 0.25) is 0 Å². The van der Waals surface area contributed by atoms with Gasteiger partial charge in [-0.2, -0.15) is 0 Å². The predicted molar refractivity (Wildman–Crippen MR) is 80.3 cm³/mol. The molecule has 0 atom stereocenters. The van der Waals surface area contributed by atoms with E-state index in [1.54, 1.807) is 13.0 Å². The van der Waals surface area contributed by atoms with Crippen molar-refractivity contribution in [2.75, 3.05) is 13.1 Å². The molecule has 120 valence electrons. The molecule has 0 radical (unpaired) electrons. The number of carboxylic acids is 1. The Labute approximate surface area is 129 Å². The van der Waals surface area contributed by atoms with E-state index < -0.39 is 17.7 Å². The summed E-state index contributed by atoms with van der Waals surface area (Å²) < 4.78 is 13.7. The van der Waals surface area contributed by atoms with Gasteiger partial charge in [0.2, 0.25) is 0 Å². The number of rotatable bonds is 6. The van der Waals surface area contributed by atoms with Crippen LogP contribution in [0.25, 0.3) is 0 Å². The second kappa shape index (κ2) is 6.87. The van der Waals surface area contributed by atoms with E-state index in [0.29, 0.717) is 19.4 Å². The number of halogens is 1. The van der Waals surface area contributed by atoms with Crippen LogP contribution in [-0.2, 0) is 4.79 Å². The van der Waals surface area contributed by atoms with Crippen LogP contribution in [0.5, 0.6) is 0 Å². The van der Waals surface area contributed by atoms with Crippen LogP contribution in [0, 0.1) is 12.7 Å². The fourth-order valence-corrected chi connectivity index (χ4v) is 2.75. The number of benzene rings is 1. The molecule has 0 spiro atoms. The van der Waals surface area contributed by atoms with Crippen molar-refractivity contribution in [1.82, 2.24) is 10.2 Å². The maximum absolute atomic E-state index is 13.7. The van der Waals surface area contributed by atoms with E-state index in [1.165, 1.54) is 12.1 Å². The number of aliphatic carboxylic acids is 1. The zero-order chi connectivity index (χ0) is 16.3. The SMILES string of the molecule is CCN(CC(=O)O)C1CC(NC(=O)c2cc(C)ccc2F)C1. The first-order valence-electron chi connectivity index (χ1n) is 7.43. The predicted octanol–water partition coefficient (Wildman–Crippen LogP) is 1.80. The Morgan fingerprint density at radius 3 is 2.68 bits per heavy atom. The maximum Gasteiger partial charge on any atom is 0.317 e. The second-order valence-corrected chi connectivity index (χ2v) is 5.74. The highest BCUT2D eigenvalue weighted by Gasteiger charge is 2.35. The quantitative estimate of drug-likeness (QED) is 0.841. The molecule has 1 aromatic carbocycles. The summed E-state index contributed by atoms with van der Waals surface area (Å²) in [5, 5.41) is 11.7. The Morgan fingerprint density at radius 1 is 1.41 bits per heavy atom. The van der Waals surface area contributed by atoms with Crippen molar-refractivity contribution in [2.45, 2.75) is 38.8 Å². The minimum atomic E-state index is -0.851. The van der Waals surface area contributed by atoms with Crippen molar-refractivity contribution < 1.29 is 19.1 Å². The molecule has 6 heteroatoms. The van der Waals surface area contributed by atoms with Gasteiger partial charge >= 0.3 is 5.97 Å². The van der Waals surface area contributed by atoms with Crippen molar-refractivity contribution in [2.24, 2.45) is 0 Å². The summed E-state index contributed by atoms with van der Waals surface area (Å²) in [4.78, 5) is 24.7. The molecule has 1 saturated carbocycles. The molecule has 0 aromatic heterocycles. The van der Waals surface area contributed by atoms with Gasteiger partial charge in [0.05, 0.1) is 12.1 Å². The van der Waals surface area contributed by atoms with Gasteiger partial charge in [0, 0.05) is 12.1 Å². The average molecular weight is 308 g/mol. The Balaban J connectivity index is 1.88. The van der Waals surface area contributed by atoms with Crippen LogP contribution in [0.1, 0.15) is 35.7 Å². The maximum atomic E-state index is 13.7. The number of hydrogen-bond donors (Lipinski definition) is 2. The van der Waals surface area contributed by atoms with Gasteiger partial charge in [-0.05, 0) is 38.4 Å². The molecule has 0 aliphatic heterocycles. The Bertz CT molecular complexity index is 571. The number of nitrogens with one attached hydrogen (secondary N) is 1. The van der Waals surface area contributed by atoms with E-state index >= 15 is 0 Å². The Hall–Kier alpha value is -1.95. The first-order chi connectivity index (χ1) is 10.4. The van der Waals surface area contributed by atoms with Crippen LogP contribution in [0.3, 0.4) is 0 Å². The van der Waals surface area contributed by atoms with Crippen molar-refractivity contribution >= 4 is 11.9 Å². The minimum absolute atomic E-state index is 0.00828. The molecule has 1 fully saturated rings. The first-order valence-corrected chi connectivity index (χ1v) is 7.43. The zero-order valence-electron chi connectivity index (χ0n) is 12.8. The monoisotopic (exact) mass is 308 g/mol. The Kier molecular flexibility index (Phi) is 5.13. The molecule has 2 N–H and O–H groups in total. The summed E-state index contributed by atoms with van der Waals surface area (Å²) in [6.07, 6.45) is 1.39. The minimum Gasteiger partial charge on any atom is -0.480 e. The molecule has 1 aliphatic rings. The third-order valence-electron chi connectivity index (χ3n) is 4.08. The lowest BCUT2D eigenvalue weighted by Gasteiger charge is -2.42. The molecule has 1 aromatic rings. The van der Waals surface area contributed by atoms with Gasteiger partial charge < -0.3 is 10.4 Å². The summed E-state index contributed by atoms with van der Waals surface area (Å²) >= 11 is 0. The molecular formula is C16H21FN2O3. The van der Waals surface area contributed by atoms with Crippen LogP contribution in [-0.4, -0.2) is 47.1 Å². The lowest BCUT2D eigenvalue weighted by molar-refractivity contribution is -0.139. The summed E-state index contributed by atoms with van der Waals surface area (Å²) in [7, 11) is 0. The molecule has 22 heavy (non-hydrogen) atoms. The van der Waals surface area contributed by atoms with Crippen molar-refractivity contribution in [1.29, 1.82) is 0 Å². The van der Waals surface area contributed by atoms with E-state index in [2.05, 4.69) is 5.32 Å². The summed E-state index contributed by atoms with van der Waals surface area (Å²) in [5.41, 5.74) is 0.887. The number of carbonyl (C=O) groups is 2. The van der Waals surface area contributed by atoms with E-state index in [9.17, 15) is 14.0 Å². The summed E-state index contributed by atoms with van der Waals surface area (Å²) in [6.45, 7) is 4.38. The van der Waals surface area contributed by atoms with Crippen molar-refractivity contribution in [3.8, 4) is 0 Å². The normalized spacial score (nSPS) is 20.5. The molecule has 2 rings (SSSR count). The number of carbonyl (C=O) groups excluding carboxylic acids is 1. The van der Waals surface area contributed by atoms with E-state index in [4.69, 9.17) is 5.11 Å². The molecule has 1 aliphatic carbocycles. The highest BCUT2D eigenvalue weighted by Crippen LogP contribution is 2.26. The van der Waals surface area contributed by atoms with Gasteiger partial charge in [0.15, 0.2) is 0 Å². The average Bonchev–Trinajstić information content (AvgIpc) is 2.42. The Morgan fingerprint density at radius 2 is 2.09 bits per heavy atom. The van der Waals surface area contributed by atoms with Crippen LogP contribution in [0.15, 0.2) is 18.2 Å². The topological polar surface area (TPSA) is 69.6 Å². The lowest BCUT2D eigenvalue weighted by Crippen LogP contribution is -2.54. The number of amides is 1. The first kappa shape index (κ1) is 16.4. The molecule has 1 amide bonds. The van der Waals surface area contributed by atoms with Gasteiger partial charge in [-0.25, -0.2) is 4.39 Å². The molecular weight excluding hydrogens is 287 g/mol. The zero-order valence-corrected chi connectivity index (χ0v) is 12.8. The van der Waals surface area contributed by atoms with E-state index in [-0.39, 0.29) is 24.2 Å². The van der Waals surface area contributed by atoms with Crippen LogP contribution in [0.4, 0.5) is 4.39 Å². The number of likely N-dealkylation sites (N-methyl/N-ethyl adjacent to an activating group) is 1. The van der Waals surface area contributed by atoms with Gasteiger partial charge in [-0.3, -0.25) is 14.5 Å². The third-order valence-corrected chi connectivity index (χ3v) is 4.08. The lowest BCUT2D eigenvalue weighted by atomic mass is 9.85. The summed E-state index contributed by atoms with van der Waals surface area (Å²) in [6, 6.07) is 4.58. The highest BCUT2D eigenvalue weighted by molar-refractivity contribution is 5.94. The largest absolute Gasteiger partial charge is 0.480 e. The van der Waals surface area contributed by atoms with Crippen LogP contribution >= 0.6 is 0 Å². The number of hydrogen-bond acceptors (Lipinski definition) is 3. The number of carboxylic acid groups (broad SMARTS) is 1. The molecule has 0 saturated heterocycles. The number of nitrogens with zero attached hydrogens (tertiary/aromatic N) is 1. The van der Waals surface area contributed by atoms with Crippen molar-refractivity contribution in [3.63, 3.8) is 0 Å². The standard InChI is InChI=1S/C16H21FN2O3/c1-3-19(9-15(20)21)12-7-11(8-12)18-16(22)13-6-10(2)4-5-14(13)17/h4-6,11-12H,3,7-9H2,1-2H3,(H,18,22)(H,20,21). The summed E-state index contributed by atoms with van der Waals surface area (Å²) in [5.74, 6) is -1.79. The van der Waals surface area contributed by atoms with Crippen molar-refractivity contribution in [3.05, 3.63) is 35.1 Å². The smallest absolute Gasteiger partial charge is 0.317 e. The molecule has 0 bridgehead atoms. The van der Waals surface area contributed by atoms with Crippen LogP contribution < -0.4 is 5.32 Å². The fourth-order valence-electron chi connectivity index (χ4n) is 2.75.